The van der Waals surface area contributed by atoms with Gasteiger partial charge in [-0.25, -0.2) is 0 Å². The Morgan fingerprint density at radius 1 is 1.57 bits per heavy atom. The van der Waals surface area contributed by atoms with Crippen molar-refractivity contribution in [3.05, 3.63) is 0 Å². The van der Waals surface area contributed by atoms with Crippen LogP contribution < -0.4 is 5.73 Å². The Morgan fingerprint density at radius 3 is 2.71 bits per heavy atom. The van der Waals surface area contributed by atoms with E-state index in [1.807, 2.05) is 0 Å². The Morgan fingerprint density at radius 2 is 2.21 bits per heavy atom. The number of ether oxygens (including phenoxy) is 2. The molecule has 4 nitrogen and oxygen atoms in total. The molecule has 4 heteroatoms. The second-order valence-corrected chi connectivity index (χ2v) is 4.68. The van der Waals surface area contributed by atoms with Gasteiger partial charge >= 0.3 is 5.97 Å². The second kappa shape index (κ2) is 4.28. The fraction of sp³-hybridized carbons (Fsp3) is 0.900. The lowest BCUT2D eigenvalue weighted by Crippen LogP contribution is -2.36. The van der Waals surface area contributed by atoms with Crippen molar-refractivity contribution in [2.75, 3.05) is 13.3 Å². The molecule has 1 fully saturated rings. The highest BCUT2D eigenvalue weighted by Crippen LogP contribution is 2.35. The monoisotopic (exact) mass is 201 g/mol. The van der Waals surface area contributed by atoms with E-state index in [1.54, 1.807) is 0 Å². The average Bonchev–Trinajstić information content (AvgIpc) is 2.50. The molecule has 0 aromatic heterocycles. The maximum atomic E-state index is 11.5. The van der Waals surface area contributed by atoms with Crippen LogP contribution in [0.2, 0.25) is 0 Å². The molecular weight excluding hydrogens is 182 g/mol. The van der Waals surface area contributed by atoms with E-state index in [4.69, 9.17) is 15.2 Å². The molecule has 1 aliphatic heterocycles. The van der Waals surface area contributed by atoms with Gasteiger partial charge in [-0.2, -0.15) is 0 Å². The van der Waals surface area contributed by atoms with E-state index in [0.29, 0.717) is 6.61 Å². The molecule has 1 saturated heterocycles. The van der Waals surface area contributed by atoms with Crippen molar-refractivity contribution < 1.29 is 14.3 Å². The zero-order chi connectivity index (χ0) is 10.8. The Labute approximate surface area is 84.7 Å². The van der Waals surface area contributed by atoms with Gasteiger partial charge in [-0.05, 0) is 11.8 Å². The van der Waals surface area contributed by atoms with E-state index in [0.717, 1.165) is 6.42 Å². The summed E-state index contributed by atoms with van der Waals surface area (Å²) in [6.45, 7) is 6.77. The van der Waals surface area contributed by atoms with Crippen LogP contribution in [-0.2, 0) is 14.3 Å². The second-order valence-electron chi connectivity index (χ2n) is 4.68. The van der Waals surface area contributed by atoms with E-state index in [-0.39, 0.29) is 30.1 Å². The minimum atomic E-state index is -0.232. The molecule has 0 amide bonds. The summed E-state index contributed by atoms with van der Waals surface area (Å²) in [5.74, 6) is -0.386. The van der Waals surface area contributed by atoms with Gasteiger partial charge in [0.1, 0.15) is 6.73 Å². The van der Waals surface area contributed by atoms with Crippen LogP contribution in [0.25, 0.3) is 0 Å². The number of hydrogen-bond acceptors (Lipinski definition) is 4. The third-order valence-electron chi connectivity index (χ3n) is 2.47. The number of hydrogen-bond donors (Lipinski definition) is 1. The molecule has 2 N–H and O–H groups in total. The first-order chi connectivity index (χ1) is 6.46. The van der Waals surface area contributed by atoms with Crippen molar-refractivity contribution in [3.63, 3.8) is 0 Å². The Hall–Kier alpha value is -0.610. The highest BCUT2D eigenvalue weighted by Gasteiger charge is 2.42. The fourth-order valence-corrected chi connectivity index (χ4v) is 1.87. The van der Waals surface area contributed by atoms with Gasteiger partial charge in [0.15, 0.2) is 0 Å². The molecule has 2 unspecified atom stereocenters. The van der Waals surface area contributed by atoms with Crippen molar-refractivity contribution in [2.24, 2.45) is 17.1 Å². The predicted octanol–water partition coefficient (Wildman–Crippen LogP) is 0.897. The molecule has 0 saturated carbocycles. The lowest BCUT2D eigenvalue weighted by Gasteiger charge is -2.29. The summed E-state index contributed by atoms with van der Waals surface area (Å²) in [4.78, 5) is 11.5. The largest absolute Gasteiger partial charge is 0.450 e. The van der Waals surface area contributed by atoms with E-state index < -0.39 is 0 Å². The van der Waals surface area contributed by atoms with Crippen molar-refractivity contribution in [2.45, 2.75) is 33.3 Å². The van der Waals surface area contributed by atoms with Crippen LogP contribution in [0.15, 0.2) is 0 Å². The number of carbonyl (C=O) groups excluding carboxylic acids is 1. The molecule has 1 aliphatic rings. The molecule has 0 aromatic carbocycles. The predicted molar refractivity (Wildman–Crippen MR) is 52.4 cm³/mol. The summed E-state index contributed by atoms with van der Waals surface area (Å²) in [5, 5.41) is 0. The summed E-state index contributed by atoms with van der Waals surface area (Å²) in [5.41, 5.74) is 5.13. The van der Waals surface area contributed by atoms with Gasteiger partial charge in [-0.15, -0.1) is 0 Å². The van der Waals surface area contributed by atoms with Gasteiger partial charge in [0.2, 0.25) is 0 Å². The van der Waals surface area contributed by atoms with E-state index >= 15 is 0 Å². The van der Waals surface area contributed by atoms with Crippen molar-refractivity contribution >= 4 is 5.97 Å². The van der Waals surface area contributed by atoms with E-state index in [1.165, 1.54) is 0 Å². The van der Waals surface area contributed by atoms with Gasteiger partial charge in [0.05, 0.1) is 12.0 Å². The Kier molecular flexibility index (Phi) is 3.50. The van der Waals surface area contributed by atoms with Gasteiger partial charge in [-0.1, -0.05) is 20.8 Å². The van der Waals surface area contributed by atoms with Gasteiger partial charge < -0.3 is 9.47 Å². The van der Waals surface area contributed by atoms with Crippen LogP contribution >= 0.6 is 0 Å². The molecule has 0 bridgehead atoms. The highest BCUT2D eigenvalue weighted by molar-refractivity contribution is 5.73. The van der Waals surface area contributed by atoms with Gasteiger partial charge in [0, 0.05) is 6.61 Å². The first kappa shape index (κ1) is 11.5. The normalized spacial score (nSPS) is 27.7. The molecule has 82 valence electrons. The van der Waals surface area contributed by atoms with Crippen LogP contribution in [0.1, 0.15) is 27.2 Å². The molecule has 14 heavy (non-hydrogen) atoms. The molecule has 0 aromatic rings. The van der Waals surface area contributed by atoms with Crippen LogP contribution in [-0.4, -0.2) is 25.4 Å². The zero-order valence-corrected chi connectivity index (χ0v) is 9.08. The smallest absolute Gasteiger partial charge is 0.312 e. The lowest BCUT2D eigenvalue weighted by atomic mass is 9.81. The summed E-state index contributed by atoms with van der Waals surface area (Å²) in [7, 11) is 0. The number of nitrogens with two attached hydrogens (primary N) is 1. The third kappa shape index (κ3) is 2.45. The molecule has 0 spiro atoms. The minimum Gasteiger partial charge on any atom is -0.450 e. The summed E-state index contributed by atoms with van der Waals surface area (Å²) < 4.78 is 10.4. The zero-order valence-electron chi connectivity index (χ0n) is 9.08. The number of rotatable bonds is 2. The quantitative estimate of drug-likeness (QED) is 0.532. The minimum absolute atomic E-state index is 0.0330. The van der Waals surface area contributed by atoms with Crippen LogP contribution in [0, 0.1) is 11.3 Å². The summed E-state index contributed by atoms with van der Waals surface area (Å²) >= 11 is 0. The lowest BCUT2D eigenvalue weighted by molar-refractivity contribution is -0.152. The topological polar surface area (TPSA) is 61.5 Å². The SMILES string of the molecule is CC(C)(C)C1OCCC1C(=O)OCN. The molecule has 2 atom stereocenters. The van der Waals surface area contributed by atoms with Gasteiger partial charge in [-0.3, -0.25) is 10.5 Å². The number of carbonyl (C=O) groups is 1. The van der Waals surface area contributed by atoms with E-state index in [2.05, 4.69) is 20.8 Å². The van der Waals surface area contributed by atoms with Gasteiger partial charge in [0.25, 0.3) is 0 Å². The molecular formula is C10H19NO3. The summed E-state index contributed by atoms with van der Waals surface area (Å²) in [6.07, 6.45) is 0.683. The van der Waals surface area contributed by atoms with Crippen LogP contribution in [0.5, 0.6) is 0 Å². The molecule has 0 aliphatic carbocycles. The van der Waals surface area contributed by atoms with Crippen molar-refractivity contribution in [3.8, 4) is 0 Å². The maximum absolute atomic E-state index is 11.5. The molecule has 1 heterocycles. The van der Waals surface area contributed by atoms with Crippen molar-refractivity contribution in [1.29, 1.82) is 0 Å². The molecule has 0 radical (unpaired) electrons. The highest BCUT2D eigenvalue weighted by atomic mass is 16.5. The fourth-order valence-electron chi connectivity index (χ4n) is 1.87. The Balaban J connectivity index is 2.64. The van der Waals surface area contributed by atoms with E-state index in [9.17, 15) is 4.79 Å². The first-order valence-corrected chi connectivity index (χ1v) is 4.95. The van der Waals surface area contributed by atoms with Crippen LogP contribution in [0.4, 0.5) is 0 Å². The van der Waals surface area contributed by atoms with Crippen LogP contribution in [0.3, 0.4) is 0 Å². The third-order valence-corrected chi connectivity index (χ3v) is 2.47. The number of esters is 1. The summed E-state index contributed by atoms with van der Waals surface area (Å²) in [6, 6.07) is 0. The Bertz CT molecular complexity index is 210. The standard InChI is InChI=1S/C10H19NO3/c1-10(2,3)8-7(4-5-13-8)9(12)14-6-11/h7-8H,4-6,11H2,1-3H3. The van der Waals surface area contributed by atoms with Crippen molar-refractivity contribution in [1.82, 2.24) is 0 Å². The maximum Gasteiger partial charge on any atom is 0.312 e. The molecule has 1 rings (SSSR count). The average molecular weight is 201 g/mol. The first-order valence-electron chi connectivity index (χ1n) is 4.95.